The minimum absolute atomic E-state index is 0. The third-order valence-electron chi connectivity index (χ3n) is 3.01. The Bertz CT molecular complexity index is 434. The van der Waals surface area contributed by atoms with Gasteiger partial charge in [-0.1, -0.05) is 57.0 Å². The number of halogens is 2. The van der Waals surface area contributed by atoms with E-state index in [0.29, 0.717) is 11.6 Å². The number of allylic oxidation sites excluding steroid dienone is 4. The Morgan fingerprint density at radius 3 is 1.55 bits per heavy atom. The molecule has 1 unspecified atom stereocenters. The van der Waals surface area contributed by atoms with Crippen LogP contribution in [0.5, 0.6) is 0 Å². The van der Waals surface area contributed by atoms with Crippen molar-refractivity contribution >= 4 is 38.1 Å². The average molecular weight is 394 g/mol. The molecule has 0 fully saturated rings. The number of hydrogen-bond donors (Lipinski definition) is 0. The molecule has 0 aromatic heterocycles. The summed E-state index contributed by atoms with van der Waals surface area (Å²) in [5, 5.41) is 0. The molecule has 5 heteroatoms. The van der Waals surface area contributed by atoms with Gasteiger partial charge in [0.1, 0.15) is 0 Å². The van der Waals surface area contributed by atoms with Crippen LogP contribution in [-0.4, -0.2) is 7.63 Å². The van der Waals surface area contributed by atoms with Gasteiger partial charge in [0.05, 0.1) is 0 Å². The number of nitrogens with one attached hydrogen (secondary N) is 1. The fourth-order valence-electron chi connectivity index (χ4n) is 1.60. The topological polar surface area (TPSA) is 23.8 Å². The van der Waals surface area contributed by atoms with Crippen molar-refractivity contribution in [1.82, 2.24) is 0 Å². The van der Waals surface area contributed by atoms with E-state index in [1.165, 1.54) is 16.7 Å². The maximum absolute atomic E-state index is 7.00. The second-order valence-corrected chi connectivity index (χ2v) is 4.17. The van der Waals surface area contributed by atoms with Gasteiger partial charge in [-0.2, -0.15) is 11.1 Å². The Morgan fingerprint density at radius 1 is 1.00 bits per heavy atom. The van der Waals surface area contributed by atoms with E-state index in [0.717, 1.165) is 0 Å². The summed E-state index contributed by atoms with van der Waals surface area (Å²) < 4.78 is 0. The maximum atomic E-state index is 7.00. The average Bonchev–Trinajstić information content (AvgIpc) is 2.60. The fourth-order valence-corrected chi connectivity index (χ4v) is 1.60. The SMILES string of the molecule is CC1=[C-]C(C)C(C)=C1C.Cl.Cl.[CH3-].[CH3-].[NH-]c1ccccc1.[SiH2]=[Ti]. The molecule has 0 heterocycles. The first-order valence-corrected chi connectivity index (χ1v) is 9.94. The summed E-state index contributed by atoms with van der Waals surface area (Å²) in [4.78, 5) is 0. The summed E-state index contributed by atoms with van der Waals surface area (Å²) in [6.07, 6.45) is 3.36. The standard InChI is InChI=1S/C9H13.C6H6N.2CH3.2ClH.H2Si.Ti/c1-6-5-7(2)9(4)8(6)3;7-6-4-2-1-3-5-6;;;;;;/h6H,1-4H3;1-5,7H;2*1H3;2*1H;1H2;/q4*-1;;;;. The van der Waals surface area contributed by atoms with Crippen LogP contribution in [0.25, 0.3) is 5.73 Å². The third kappa shape index (κ3) is 12.5. The summed E-state index contributed by atoms with van der Waals surface area (Å²) in [7, 11) is 1.86. The Labute approximate surface area is 164 Å². The van der Waals surface area contributed by atoms with E-state index in [1.807, 2.05) is 45.0 Å². The number of hydrogen-bond acceptors (Lipinski definition) is 0. The fraction of sp³-hybridized carbons (Fsp3) is 0.294. The predicted octanol–water partition coefficient (Wildman–Crippen LogP) is 5.92. The molecule has 1 aliphatic carbocycles. The summed E-state index contributed by atoms with van der Waals surface area (Å²) in [5.41, 5.74) is 11.8. The van der Waals surface area contributed by atoms with Gasteiger partial charge in [-0.25, -0.2) is 5.57 Å². The molecule has 0 aliphatic heterocycles. The molecule has 0 spiro atoms. The van der Waals surface area contributed by atoms with E-state index in [1.54, 1.807) is 12.1 Å². The molecule has 128 valence electrons. The quantitative estimate of drug-likeness (QED) is 0.386. The Kier molecular flexibility index (Phi) is 29.1. The van der Waals surface area contributed by atoms with Crippen molar-refractivity contribution in [3.63, 3.8) is 0 Å². The van der Waals surface area contributed by atoms with Gasteiger partial charge in [-0.05, 0) is 0 Å². The van der Waals surface area contributed by atoms with Crippen LogP contribution in [0, 0.1) is 26.8 Å². The summed E-state index contributed by atoms with van der Waals surface area (Å²) >= 11 is 2.03. The van der Waals surface area contributed by atoms with E-state index in [-0.39, 0.29) is 39.7 Å². The zero-order valence-corrected chi connectivity index (χ0v) is 19.1. The first-order chi connectivity index (χ1) is 8.52. The van der Waals surface area contributed by atoms with E-state index in [4.69, 9.17) is 5.73 Å². The van der Waals surface area contributed by atoms with Gasteiger partial charge in [-0.15, -0.1) is 37.4 Å². The van der Waals surface area contributed by atoms with Gasteiger partial charge in [0, 0.05) is 0 Å². The van der Waals surface area contributed by atoms with Crippen molar-refractivity contribution in [2.75, 3.05) is 0 Å². The van der Waals surface area contributed by atoms with Crippen LogP contribution in [0.1, 0.15) is 27.7 Å². The summed E-state index contributed by atoms with van der Waals surface area (Å²) in [5.74, 6) is 0.560. The van der Waals surface area contributed by atoms with E-state index < -0.39 is 0 Å². The van der Waals surface area contributed by atoms with Crippen molar-refractivity contribution in [3.05, 3.63) is 73.7 Å². The van der Waals surface area contributed by atoms with Crippen LogP contribution in [0.4, 0.5) is 5.69 Å². The first kappa shape index (κ1) is 33.6. The molecular weight excluding hydrogens is 365 g/mol. The van der Waals surface area contributed by atoms with Crippen molar-refractivity contribution in [2.24, 2.45) is 5.92 Å². The van der Waals surface area contributed by atoms with Crippen LogP contribution in [-0.2, 0) is 19.2 Å². The zero-order valence-electron chi connectivity index (χ0n) is 14.5. The zero-order chi connectivity index (χ0) is 14.1. The van der Waals surface area contributed by atoms with Crippen LogP contribution in [0.15, 0.2) is 47.1 Å². The Morgan fingerprint density at radius 2 is 1.41 bits per heavy atom. The molecule has 0 saturated heterocycles. The van der Waals surface area contributed by atoms with E-state index in [9.17, 15) is 0 Å². The molecule has 1 aromatic carbocycles. The van der Waals surface area contributed by atoms with Gasteiger partial charge in [0.25, 0.3) is 0 Å². The van der Waals surface area contributed by atoms with E-state index in [2.05, 4.69) is 33.8 Å². The molecule has 0 bridgehead atoms. The van der Waals surface area contributed by atoms with Crippen molar-refractivity contribution in [1.29, 1.82) is 0 Å². The van der Waals surface area contributed by atoms with Gasteiger partial charge >= 0.3 is 26.8 Å². The first-order valence-electron chi connectivity index (χ1n) is 5.92. The Balaban J connectivity index is -0.0000000685. The molecule has 22 heavy (non-hydrogen) atoms. The molecular formula is C17H29Cl2NSiTi-4. The molecule has 1 atom stereocenters. The second-order valence-electron chi connectivity index (χ2n) is 4.17. The normalized spacial score (nSPS) is 14.0. The van der Waals surface area contributed by atoms with E-state index >= 15 is 0 Å². The molecule has 2 rings (SSSR count). The van der Waals surface area contributed by atoms with Crippen molar-refractivity contribution in [2.45, 2.75) is 27.7 Å². The van der Waals surface area contributed by atoms with Crippen LogP contribution >= 0.6 is 24.8 Å². The number of benzene rings is 1. The minimum atomic E-state index is 0. The van der Waals surface area contributed by atoms with Crippen LogP contribution < -0.4 is 0 Å². The van der Waals surface area contributed by atoms with Gasteiger partial charge in [-0.3, -0.25) is 6.08 Å². The molecule has 0 radical (unpaired) electrons. The third-order valence-corrected chi connectivity index (χ3v) is 3.01. The van der Waals surface area contributed by atoms with Crippen molar-refractivity contribution in [3.8, 4) is 0 Å². The second kappa shape index (κ2) is 19.1. The van der Waals surface area contributed by atoms with Crippen molar-refractivity contribution < 1.29 is 19.2 Å². The summed E-state index contributed by atoms with van der Waals surface area (Å²) in [6.45, 7) is 8.67. The molecule has 0 amide bonds. The van der Waals surface area contributed by atoms with Gasteiger partial charge < -0.3 is 20.6 Å². The predicted molar refractivity (Wildman–Crippen MR) is 106 cm³/mol. The monoisotopic (exact) mass is 393 g/mol. The van der Waals surface area contributed by atoms with Gasteiger partial charge in [0.15, 0.2) is 0 Å². The summed E-state index contributed by atoms with van der Waals surface area (Å²) in [6, 6.07) is 9.10. The molecule has 1 aliphatic rings. The number of rotatable bonds is 0. The molecule has 1 nitrogen and oxygen atoms in total. The molecule has 1 N–H and O–H groups in total. The van der Waals surface area contributed by atoms with Crippen LogP contribution in [0.2, 0.25) is 0 Å². The molecule has 0 saturated carbocycles. The molecule has 1 aromatic rings. The Hall–Kier alpha value is 0.0112. The van der Waals surface area contributed by atoms with Gasteiger partial charge in [0.2, 0.25) is 0 Å². The van der Waals surface area contributed by atoms with Crippen LogP contribution in [0.3, 0.4) is 0 Å².